The smallest absolute Gasteiger partial charge is 0.408 e. The maximum absolute atomic E-state index is 11.8. The van der Waals surface area contributed by atoms with E-state index in [1.165, 1.54) is 0 Å². The highest BCUT2D eigenvalue weighted by Gasteiger charge is 2.37. The Kier molecular flexibility index (Phi) is 5.16. The number of benzene rings is 1. The first-order valence-corrected chi connectivity index (χ1v) is 7.03. The van der Waals surface area contributed by atoms with Crippen molar-refractivity contribution in [1.82, 2.24) is 5.32 Å². The number of nitrogens with two attached hydrogens (primary N) is 1. The number of aliphatic carboxylic acids is 1. The first-order valence-electron chi connectivity index (χ1n) is 7.03. The summed E-state index contributed by atoms with van der Waals surface area (Å²) in [6.45, 7) is 0.107. The lowest BCUT2D eigenvalue weighted by molar-refractivity contribution is -0.141. The van der Waals surface area contributed by atoms with Crippen molar-refractivity contribution in [3.05, 3.63) is 35.9 Å². The van der Waals surface area contributed by atoms with E-state index in [0.29, 0.717) is 6.42 Å². The predicted molar refractivity (Wildman–Crippen MR) is 76.5 cm³/mol. The van der Waals surface area contributed by atoms with Gasteiger partial charge in [0.2, 0.25) is 0 Å². The standard InChI is InChI=1S/C15H20N2O4/c16-12-8-4-7-11(12)13(14(18)19)17-15(20)21-9-10-5-2-1-3-6-10/h1-3,5-6,11-13H,4,7-9,16H2,(H,17,20)(H,18,19)/t11-,12-,13+/m0/s1. The summed E-state index contributed by atoms with van der Waals surface area (Å²) in [5.74, 6) is -1.32. The molecule has 1 aromatic carbocycles. The Morgan fingerprint density at radius 2 is 2.05 bits per heavy atom. The molecular formula is C15H20N2O4. The van der Waals surface area contributed by atoms with Gasteiger partial charge in [0.15, 0.2) is 0 Å². The molecule has 1 aromatic rings. The van der Waals surface area contributed by atoms with Gasteiger partial charge in [-0.05, 0) is 18.4 Å². The average molecular weight is 292 g/mol. The van der Waals surface area contributed by atoms with Crippen LogP contribution in [0.2, 0.25) is 0 Å². The summed E-state index contributed by atoms with van der Waals surface area (Å²) < 4.78 is 5.05. The normalized spacial score (nSPS) is 22.5. The van der Waals surface area contributed by atoms with Gasteiger partial charge in [-0.25, -0.2) is 9.59 Å². The quantitative estimate of drug-likeness (QED) is 0.763. The zero-order chi connectivity index (χ0) is 15.2. The van der Waals surface area contributed by atoms with Gasteiger partial charge in [0.05, 0.1) is 0 Å². The molecule has 0 heterocycles. The molecule has 21 heavy (non-hydrogen) atoms. The fraction of sp³-hybridized carbons (Fsp3) is 0.467. The van der Waals surface area contributed by atoms with E-state index in [0.717, 1.165) is 18.4 Å². The number of amides is 1. The molecule has 1 aliphatic carbocycles. The van der Waals surface area contributed by atoms with Crippen LogP contribution in [-0.2, 0) is 16.1 Å². The van der Waals surface area contributed by atoms with E-state index < -0.39 is 18.1 Å². The molecule has 0 aromatic heterocycles. The lowest BCUT2D eigenvalue weighted by Gasteiger charge is -2.23. The number of nitrogens with one attached hydrogen (secondary N) is 1. The summed E-state index contributed by atoms with van der Waals surface area (Å²) >= 11 is 0. The summed E-state index contributed by atoms with van der Waals surface area (Å²) in [6, 6.07) is 8.02. The van der Waals surface area contributed by atoms with Crippen LogP contribution < -0.4 is 11.1 Å². The van der Waals surface area contributed by atoms with E-state index in [-0.39, 0.29) is 18.6 Å². The van der Waals surface area contributed by atoms with Crippen LogP contribution in [0.25, 0.3) is 0 Å². The van der Waals surface area contributed by atoms with Crippen molar-refractivity contribution >= 4 is 12.1 Å². The number of rotatable bonds is 5. The Morgan fingerprint density at radius 1 is 1.33 bits per heavy atom. The number of carboxylic acid groups (broad SMARTS) is 1. The van der Waals surface area contributed by atoms with E-state index in [9.17, 15) is 14.7 Å². The zero-order valence-corrected chi connectivity index (χ0v) is 11.7. The first-order chi connectivity index (χ1) is 10.1. The number of carboxylic acids is 1. The van der Waals surface area contributed by atoms with Crippen molar-refractivity contribution in [2.24, 2.45) is 11.7 Å². The fourth-order valence-electron chi connectivity index (χ4n) is 2.67. The predicted octanol–water partition coefficient (Wildman–Crippen LogP) is 1.49. The molecule has 0 spiro atoms. The molecule has 6 heteroatoms. The van der Waals surface area contributed by atoms with E-state index in [2.05, 4.69) is 5.32 Å². The Hall–Kier alpha value is -2.08. The molecule has 4 N–H and O–H groups in total. The van der Waals surface area contributed by atoms with Crippen LogP contribution in [0.3, 0.4) is 0 Å². The Morgan fingerprint density at radius 3 is 2.62 bits per heavy atom. The number of alkyl carbamates (subject to hydrolysis) is 1. The molecule has 3 atom stereocenters. The van der Waals surface area contributed by atoms with E-state index in [1.807, 2.05) is 30.3 Å². The molecule has 0 saturated heterocycles. The molecule has 0 radical (unpaired) electrons. The van der Waals surface area contributed by atoms with Gasteiger partial charge in [0.25, 0.3) is 0 Å². The van der Waals surface area contributed by atoms with Gasteiger partial charge in [-0.3, -0.25) is 0 Å². The number of hydrogen-bond donors (Lipinski definition) is 3. The molecule has 0 unspecified atom stereocenters. The van der Waals surface area contributed by atoms with Gasteiger partial charge >= 0.3 is 12.1 Å². The maximum atomic E-state index is 11.8. The molecule has 0 aliphatic heterocycles. The minimum atomic E-state index is -1.07. The van der Waals surface area contributed by atoms with E-state index in [1.54, 1.807) is 0 Å². The van der Waals surface area contributed by atoms with Crippen molar-refractivity contribution in [2.45, 2.75) is 38.0 Å². The van der Waals surface area contributed by atoms with Gasteiger partial charge < -0.3 is 20.9 Å². The lowest BCUT2D eigenvalue weighted by atomic mass is 9.95. The number of carbonyl (C=O) groups is 2. The highest BCUT2D eigenvalue weighted by Crippen LogP contribution is 2.27. The molecular weight excluding hydrogens is 272 g/mol. The molecule has 0 bridgehead atoms. The highest BCUT2D eigenvalue weighted by atomic mass is 16.5. The molecule has 1 saturated carbocycles. The third kappa shape index (κ3) is 4.19. The topological polar surface area (TPSA) is 102 Å². The number of hydrogen-bond acceptors (Lipinski definition) is 4. The summed E-state index contributed by atoms with van der Waals surface area (Å²) in [6.07, 6.45) is 1.65. The van der Waals surface area contributed by atoms with Crippen LogP contribution in [0.1, 0.15) is 24.8 Å². The minimum Gasteiger partial charge on any atom is -0.480 e. The highest BCUT2D eigenvalue weighted by molar-refractivity contribution is 5.80. The largest absolute Gasteiger partial charge is 0.480 e. The second-order valence-corrected chi connectivity index (χ2v) is 5.28. The Labute approximate surface area is 123 Å². The van der Waals surface area contributed by atoms with E-state index in [4.69, 9.17) is 10.5 Å². The maximum Gasteiger partial charge on any atom is 0.408 e. The van der Waals surface area contributed by atoms with Crippen molar-refractivity contribution < 1.29 is 19.4 Å². The third-order valence-electron chi connectivity index (χ3n) is 3.81. The molecule has 1 aliphatic rings. The lowest BCUT2D eigenvalue weighted by Crippen LogP contribution is -2.50. The molecule has 2 rings (SSSR count). The monoisotopic (exact) mass is 292 g/mol. The summed E-state index contributed by atoms with van der Waals surface area (Å²) in [5, 5.41) is 11.7. The van der Waals surface area contributed by atoms with Gasteiger partial charge in [-0.15, -0.1) is 0 Å². The van der Waals surface area contributed by atoms with E-state index >= 15 is 0 Å². The van der Waals surface area contributed by atoms with Gasteiger partial charge in [0, 0.05) is 12.0 Å². The Bertz CT molecular complexity index is 492. The summed E-state index contributed by atoms with van der Waals surface area (Å²) in [7, 11) is 0. The summed E-state index contributed by atoms with van der Waals surface area (Å²) in [4.78, 5) is 23.1. The van der Waals surface area contributed by atoms with Crippen molar-refractivity contribution in [3.63, 3.8) is 0 Å². The van der Waals surface area contributed by atoms with Gasteiger partial charge in [-0.1, -0.05) is 36.8 Å². The number of ether oxygens (including phenoxy) is 1. The fourth-order valence-corrected chi connectivity index (χ4v) is 2.67. The first kappa shape index (κ1) is 15.3. The SMILES string of the molecule is N[C@H]1CCC[C@@H]1[C@@H](NC(=O)OCc1ccccc1)C(=O)O. The summed E-state index contributed by atoms with van der Waals surface area (Å²) in [5.41, 5.74) is 6.75. The van der Waals surface area contributed by atoms with Gasteiger partial charge in [-0.2, -0.15) is 0 Å². The van der Waals surface area contributed by atoms with Crippen LogP contribution in [-0.4, -0.2) is 29.3 Å². The van der Waals surface area contributed by atoms with Gasteiger partial charge in [0.1, 0.15) is 12.6 Å². The van der Waals surface area contributed by atoms with Crippen LogP contribution in [0, 0.1) is 5.92 Å². The average Bonchev–Trinajstić information content (AvgIpc) is 2.89. The van der Waals surface area contributed by atoms with Crippen molar-refractivity contribution in [1.29, 1.82) is 0 Å². The molecule has 1 amide bonds. The van der Waals surface area contributed by atoms with Crippen molar-refractivity contribution in [3.8, 4) is 0 Å². The second-order valence-electron chi connectivity index (χ2n) is 5.28. The van der Waals surface area contributed by atoms with Crippen molar-refractivity contribution in [2.75, 3.05) is 0 Å². The molecule has 1 fully saturated rings. The zero-order valence-electron chi connectivity index (χ0n) is 11.7. The molecule has 114 valence electrons. The van der Waals surface area contributed by atoms with Crippen LogP contribution >= 0.6 is 0 Å². The van der Waals surface area contributed by atoms with Crippen LogP contribution in [0.15, 0.2) is 30.3 Å². The van der Waals surface area contributed by atoms with Crippen LogP contribution in [0.5, 0.6) is 0 Å². The van der Waals surface area contributed by atoms with Crippen LogP contribution in [0.4, 0.5) is 4.79 Å². The molecule has 6 nitrogen and oxygen atoms in total. The third-order valence-corrected chi connectivity index (χ3v) is 3.81. The number of carbonyl (C=O) groups excluding carboxylic acids is 1. The Balaban J connectivity index is 1.88. The second kappa shape index (κ2) is 7.08. The minimum absolute atomic E-state index is 0.107.